The highest BCUT2D eigenvalue weighted by molar-refractivity contribution is 5.28. The Balaban J connectivity index is 1.87. The molecule has 0 bridgehead atoms. The van der Waals surface area contributed by atoms with Gasteiger partial charge in [-0.1, -0.05) is 12.1 Å². The van der Waals surface area contributed by atoms with Gasteiger partial charge in [0.2, 0.25) is 0 Å². The summed E-state index contributed by atoms with van der Waals surface area (Å²) in [5.41, 5.74) is 1.20. The van der Waals surface area contributed by atoms with Gasteiger partial charge in [0.25, 0.3) is 0 Å². The number of aliphatic hydroxyl groups is 1. The number of hydrogen-bond acceptors (Lipinski definition) is 3. The maximum absolute atomic E-state index is 9.72. The van der Waals surface area contributed by atoms with Crippen LogP contribution >= 0.6 is 0 Å². The zero-order valence-corrected chi connectivity index (χ0v) is 10.4. The molecular formula is C14H21NO2. The third-order valence-electron chi connectivity index (χ3n) is 3.26. The van der Waals surface area contributed by atoms with Crippen molar-refractivity contribution in [2.75, 3.05) is 6.61 Å². The smallest absolute Gasteiger partial charge is 0.119 e. The SMILES string of the molecule is CCOc1cccc(CN[C@H]2CCC[C@@H]2O)c1. The number of nitrogens with one attached hydrogen (secondary N) is 1. The first kappa shape index (κ1) is 12.4. The van der Waals surface area contributed by atoms with Gasteiger partial charge in [0.15, 0.2) is 0 Å². The first-order valence-electron chi connectivity index (χ1n) is 6.43. The number of ether oxygens (including phenoxy) is 1. The first-order chi connectivity index (χ1) is 8.29. The minimum atomic E-state index is -0.176. The lowest BCUT2D eigenvalue weighted by atomic mass is 10.1. The summed E-state index contributed by atoms with van der Waals surface area (Å²) in [5.74, 6) is 0.916. The van der Waals surface area contributed by atoms with Gasteiger partial charge in [-0.05, 0) is 43.9 Å². The third-order valence-corrected chi connectivity index (χ3v) is 3.26. The molecule has 94 valence electrons. The molecular weight excluding hydrogens is 214 g/mol. The van der Waals surface area contributed by atoms with Gasteiger partial charge >= 0.3 is 0 Å². The summed E-state index contributed by atoms with van der Waals surface area (Å²) >= 11 is 0. The molecule has 17 heavy (non-hydrogen) atoms. The van der Waals surface area contributed by atoms with Gasteiger partial charge in [0.05, 0.1) is 12.7 Å². The van der Waals surface area contributed by atoms with Crippen molar-refractivity contribution in [1.29, 1.82) is 0 Å². The molecule has 0 spiro atoms. The van der Waals surface area contributed by atoms with Crippen molar-refractivity contribution >= 4 is 0 Å². The lowest BCUT2D eigenvalue weighted by molar-refractivity contribution is 0.148. The third kappa shape index (κ3) is 3.45. The molecule has 2 rings (SSSR count). The molecule has 3 nitrogen and oxygen atoms in total. The molecule has 1 aromatic rings. The van der Waals surface area contributed by atoms with E-state index in [0.717, 1.165) is 31.6 Å². The number of rotatable bonds is 5. The average molecular weight is 235 g/mol. The Hall–Kier alpha value is -1.06. The number of hydrogen-bond donors (Lipinski definition) is 2. The quantitative estimate of drug-likeness (QED) is 0.821. The van der Waals surface area contributed by atoms with Crippen LogP contribution in [0.5, 0.6) is 5.75 Å². The summed E-state index contributed by atoms with van der Waals surface area (Å²) in [6.07, 6.45) is 2.95. The molecule has 2 atom stereocenters. The van der Waals surface area contributed by atoms with Crippen LogP contribution in [0.15, 0.2) is 24.3 Å². The minimum Gasteiger partial charge on any atom is -0.494 e. The van der Waals surface area contributed by atoms with E-state index in [9.17, 15) is 5.11 Å². The van der Waals surface area contributed by atoms with Crippen molar-refractivity contribution in [2.24, 2.45) is 0 Å². The molecule has 0 saturated heterocycles. The second-order valence-electron chi connectivity index (χ2n) is 4.57. The predicted molar refractivity (Wildman–Crippen MR) is 68.1 cm³/mol. The molecule has 0 radical (unpaired) electrons. The van der Waals surface area contributed by atoms with Crippen molar-refractivity contribution in [2.45, 2.75) is 44.9 Å². The van der Waals surface area contributed by atoms with E-state index in [2.05, 4.69) is 17.4 Å². The lowest BCUT2D eigenvalue weighted by Crippen LogP contribution is -2.35. The molecule has 1 saturated carbocycles. The highest BCUT2D eigenvalue weighted by Gasteiger charge is 2.24. The maximum atomic E-state index is 9.72. The van der Waals surface area contributed by atoms with E-state index >= 15 is 0 Å². The van der Waals surface area contributed by atoms with E-state index in [1.807, 2.05) is 19.1 Å². The molecule has 0 unspecified atom stereocenters. The summed E-state index contributed by atoms with van der Waals surface area (Å²) in [4.78, 5) is 0. The lowest BCUT2D eigenvalue weighted by Gasteiger charge is -2.16. The minimum absolute atomic E-state index is 0.176. The Bertz CT molecular complexity index is 354. The van der Waals surface area contributed by atoms with Crippen LogP contribution in [-0.2, 0) is 6.54 Å². The summed E-state index contributed by atoms with van der Waals surface area (Å²) < 4.78 is 5.46. The summed E-state index contributed by atoms with van der Waals surface area (Å²) in [5, 5.41) is 13.1. The van der Waals surface area contributed by atoms with E-state index < -0.39 is 0 Å². The van der Waals surface area contributed by atoms with Crippen molar-refractivity contribution in [3.8, 4) is 5.75 Å². The van der Waals surface area contributed by atoms with E-state index in [1.54, 1.807) is 0 Å². The van der Waals surface area contributed by atoms with E-state index in [4.69, 9.17) is 4.74 Å². The average Bonchev–Trinajstić information content (AvgIpc) is 2.73. The predicted octanol–water partition coefficient (Wildman–Crippen LogP) is 2.09. The van der Waals surface area contributed by atoms with Gasteiger partial charge in [-0.3, -0.25) is 0 Å². The fraction of sp³-hybridized carbons (Fsp3) is 0.571. The zero-order chi connectivity index (χ0) is 12.1. The molecule has 2 N–H and O–H groups in total. The molecule has 0 heterocycles. The normalized spacial score (nSPS) is 23.9. The van der Waals surface area contributed by atoms with Gasteiger partial charge in [-0.15, -0.1) is 0 Å². The molecule has 0 amide bonds. The zero-order valence-electron chi connectivity index (χ0n) is 10.4. The van der Waals surface area contributed by atoms with Crippen LogP contribution in [0.25, 0.3) is 0 Å². The van der Waals surface area contributed by atoms with Crippen molar-refractivity contribution in [1.82, 2.24) is 5.32 Å². The number of aliphatic hydroxyl groups excluding tert-OH is 1. The second-order valence-corrected chi connectivity index (χ2v) is 4.57. The van der Waals surface area contributed by atoms with Crippen LogP contribution in [0.3, 0.4) is 0 Å². The van der Waals surface area contributed by atoms with Gasteiger partial charge in [-0.25, -0.2) is 0 Å². The highest BCUT2D eigenvalue weighted by Crippen LogP contribution is 2.20. The fourth-order valence-electron chi connectivity index (χ4n) is 2.34. The maximum Gasteiger partial charge on any atom is 0.119 e. The van der Waals surface area contributed by atoms with Crippen LogP contribution in [-0.4, -0.2) is 23.9 Å². The Kier molecular flexibility index (Phi) is 4.40. The summed E-state index contributed by atoms with van der Waals surface area (Å²) in [6, 6.07) is 8.37. The van der Waals surface area contributed by atoms with Crippen LogP contribution in [0.1, 0.15) is 31.7 Å². The molecule has 3 heteroatoms. The highest BCUT2D eigenvalue weighted by atomic mass is 16.5. The Morgan fingerprint density at radius 3 is 3.00 bits per heavy atom. The topological polar surface area (TPSA) is 41.5 Å². The van der Waals surface area contributed by atoms with Gasteiger partial charge in [0, 0.05) is 12.6 Å². The molecule has 0 aliphatic heterocycles. The van der Waals surface area contributed by atoms with Crippen molar-refractivity contribution in [3.05, 3.63) is 29.8 Å². The van der Waals surface area contributed by atoms with E-state index in [1.165, 1.54) is 5.56 Å². The molecule has 1 aliphatic rings. The van der Waals surface area contributed by atoms with Crippen LogP contribution in [0, 0.1) is 0 Å². The Morgan fingerprint density at radius 2 is 2.29 bits per heavy atom. The van der Waals surface area contributed by atoms with Crippen molar-refractivity contribution in [3.63, 3.8) is 0 Å². The standard InChI is InChI=1S/C14H21NO2/c1-2-17-12-6-3-5-11(9-12)10-15-13-7-4-8-14(13)16/h3,5-6,9,13-16H,2,4,7-8,10H2,1H3/t13-,14-/m0/s1. The van der Waals surface area contributed by atoms with Crippen LogP contribution in [0.2, 0.25) is 0 Å². The first-order valence-corrected chi connectivity index (χ1v) is 6.43. The van der Waals surface area contributed by atoms with Crippen LogP contribution < -0.4 is 10.1 Å². The summed E-state index contributed by atoms with van der Waals surface area (Å²) in [7, 11) is 0. The largest absolute Gasteiger partial charge is 0.494 e. The fourth-order valence-corrected chi connectivity index (χ4v) is 2.34. The van der Waals surface area contributed by atoms with Crippen LogP contribution in [0.4, 0.5) is 0 Å². The number of benzene rings is 1. The molecule has 1 fully saturated rings. The van der Waals surface area contributed by atoms with E-state index in [0.29, 0.717) is 6.61 Å². The van der Waals surface area contributed by atoms with Gasteiger partial charge in [-0.2, -0.15) is 0 Å². The Morgan fingerprint density at radius 1 is 1.41 bits per heavy atom. The molecule has 0 aromatic heterocycles. The van der Waals surface area contributed by atoms with Crippen molar-refractivity contribution < 1.29 is 9.84 Å². The van der Waals surface area contributed by atoms with E-state index in [-0.39, 0.29) is 12.1 Å². The molecule has 1 aromatic carbocycles. The summed E-state index contributed by atoms with van der Waals surface area (Å²) in [6.45, 7) is 3.47. The van der Waals surface area contributed by atoms with Gasteiger partial charge in [0.1, 0.15) is 5.75 Å². The molecule has 1 aliphatic carbocycles. The Labute approximate surface area is 103 Å². The van der Waals surface area contributed by atoms with Gasteiger partial charge < -0.3 is 15.2 Å². The monoisotopic (exact) mass is 235 g/mol. The second kappa shape index (κ2) is 6.03.